The number of nitrogens with zero attached hydrogens (tertiary/aromatic N) is 4. The minimum atomic E-state index is -0.148. The number of aromatic amines is 1. The van der Waals surface area contributed by atoms with Crippen LogP contribution in [-0.2, 0) is 13.1 Å². The second-order valence-electron chi connectivity index (χ2n) is 5.09. The smallest absolute Gasteiger partial charge is 0.267 e. The summed E-state index contributed by atoms with van der Waals surface area (Å²) in [7, 11) is 0. The highest BCUT2D eigenvalue weighted by Crippen LogP contribution is 2.38. The van der Waals surface area contributed by atoms with Crippen molar-refractivity contribution in [2.45, 2.75) is 31.8 Å². The Bertz CT molecular complexity index is 735. The monoisotopic (exact) mass is 289 g/mol. The van der Waals surface area contributed by atoms with Crippen LogP contribution in [0.1, 0.15) is 45.5 Å². The molecule has 4 rings (SSSR count). The maximum absolute atomic E-state index is 12.2. The normalized spacial score (nSPS) is 17.3. The Hall–Kier alpha value is -2.09. The number of nitrogens with one attached hydrogen (secondary N) is 1. The number of aromatic nitrogens is 4. The van der Waals surface area contributed by atoms with Gasteiger partial charge in [0.25, 0.3) is 11.5 Å². The molecule has 0 unspecified atom stereocenters. The van der Waals surface area contributed by atoms with Gasteiger partial charge < -0.3 is 9.88 Å². The number of carbonyl (C=O) groups excluding carboxylic acids is 1. The molecule has 1 aliphatic heterocycles. The lowest BCUT2D eigenvalue weighted by Crippen LogP contribution is -2.25. The van der Waals surface area contributed by atoms with Crippen LogP contribution < -0.4 is 5.56 Å². The van der Waals surface area contributed by atoms with E-state index in [4.69, 9.17) is 0 Å². The summed E-state index contributed by atoms with van der Waals surface area (Å²) in [6.45, 7) is 0.690. The third-order valence-electron chi connectivity index (χ3n) is 3.63. The first-order valence-corrected chi connectivity index (χ1v) is 7.18. The van der Waals surface area contributed by atoms with Crippen LogP contribution in [0.3, 0.4) is 0 Å². The number of hydrogen-bond acceptors (Lipinski definition) is 6. The molecule has 102 valence electrons. The molecule has 3 heterocycles. The van der Waals surface area contributed by atoms with Gasteiger partial charge in [-0.05, 0) is 24.4 Å². The first-order chi connectivity index (χ1) is 9.72. The van der Waals surface area contributed by atoms with Gasteiger partial charge in [-0.3, -0.25) is 9.59 Å². The van der Waals surface area contributed by atoms with Crippen molar-refractivity contribution in [3.8, 4) is 0 Å². The number of hydrogen-bond donors (Lipinski definition) is 1. The minimum Gasteiger partial charge on any atom is -0.327 e. The molecule has 1 aliphatic carbocycles. The molecule has 1 amide bonds. The molecule has 0 atom stereocenters. The van der Waals surface area contributed by atoms with Crippen molar-refractivity contribution in [1.82, 2.24) is 24.5 Å². The predicted octanol–water partition coefficient (Wildman–Crippen LogP) is 0.655. The van der Waals surface area contributed by atoms with Gasteiger partial charge in [0.15, 0.2) is 0 Å². The summed E-state index contributed by atoms with van der Waals surface area (Å²) in [5.41, 5.74) is 1.20. The highest BCUT2D eigenvalue weighted by Gasteiger charge is 2.32. The molecule has 0 radical (unpaired) electrons. The number of amides is 1. The largest absolute Gasteiger partial charge is 0.327 e. The van der Waals surface area contributed by atoms with Gasteiger partial charge in [0.1, 0.15) is 10.7 Å². The van der Waals surface area contributed by atoms with Gasteiger partial charge in [-0.1, -0.05) is 4.49 Å². The van der Waals surface area contributed by atoms with Crippen molar-refractivity contribution in [1.29, 1.82) is 0 Å². The van der Waals surface area contributed by atoms with Crippen LogP contribution in [0.25, 0.3) is 0 Å². The van der Waals surface area contributed by atoms with Crippen molar-refractivity contribution in [3.05, 3.63) is 38.5 Å². The lowest BCUT2D eigenvalue weighted by Gasteiger charge is -2.12. The topological polar surface area (TPSA) is 91.8 Å². The Balaban J connectivity index is 1.65. The molecule has 2 aromatic rings. The zero-order chi connectivity index (χ0) is 13.7. The van der Waals surface area contributed by atoms with E-state index in [9.17, 15) is 9.59 Å². The van der Waals surface area contributed by atoms with Gasteiger partial charge in [-0.15, -0.1) is 5.10 Å². The van der Waals surface area contributed by atoms with E-state index < -0.39 is 0 Å². The highest BCUT2D eigenvalue weighted by molar-refractivity contribution is 7.07. The third-order valence-corrected chi connectivity index (χ3v) is 4.29. The number of rotatable bonds is 2. The van der Waals surface area contributed by atoms with Crippen LogP contribution in [0, 0.1) is 0 Å². The average molecular weight is 289 g/mol. The minimum absolute atomic E-state index is 0.116. The molecular formula is C12H11N5O2S. The quantitative estimate of drug-likeness (QED) is 0.876. The van der Waals surface area contributed by atoms with E-state index in [1.807, 2.05) is 0 Å². The van der Waals surface area contributed by atoms with Gasteiger partial charge in [0, 0.05) is 5.92 Å². The van der Waals surface area contributed by atoms with Crippen molar-refractivity contribution >= 4 is 17.4 Å². The average Bonchev–Trinajstić information content (AvgIpc) is 2.99. The van der Waals surface area contributed by atoms with Crippen LogP contribution in [-0.4, -0.2) is 30.4 Å². The van der Waals surface area contributed by atoms with Gasteiger partial charge >= 0.3 is 0 Å². The lowest BCUT2D eigenvalue weighted by atomic mass is 10.2. The van der Waals surface area contributed by atoms with E-state index in [0.717, 1.165) is 35.9 Å². The summed E-state index contributed by atoms with van der Waals surface area (Å²) >= 11 is 1.06. The van der Waals surface area contributed by atoms with Crippen molar-refractivity contribution < 1.29 is 4.79 Å². The Morgan fingerprint density at radius 1 is 1.40 bits per heavy atom. The Morgan fingerprint density at radius 2 is 2.25 bits per heavy atom. The predicted molar refractivity (Wildman–Crippen MR) is 70.3 cm³/mol. The van der Waals surface area contributed by atoms with Gasteiger partial charge in [-0.2, -0.15) is 0 Å². The highest BCUT2D eigenvalue weighted by atomic mass is 32.1. The van der Waals surface area contributed by atoms with Crippen molar-refractivity contribution in [2.24, 2.45) is 0 Å². The molecule has 2 aromatic heterocycles. The zero-order valence-corrected chi connectivity index (χ0v) is 11.3. The van der Waals surface area contributed by atoms with Crippen LogP contribution in [0.2, 0.25) is 0 Å². The molecule has 7 nitrogen and oxygen atoms in total. The molecule has 0 bridgehead atoms. The molecule has 1 N–H and O–H groups in total. The van der Waals surface area contributed by atoms with Crippen LogP contribution >= 0.6 is 11.5 Å². The fraction of sp³-hybridized carbons (Fsp3) is 0.417. The maximum Gasteiger partial charge on any atom is 0.267 e. The number of H-pyrrole nitrogens is 1. The van der Waals surface area contributed by atoms with E-state index in [-0.39, 0.29) is 11.5 Å². The molecule has 1 saturated carbocycles. The molecule has 20 heavy (non-hydrogen) atoms. The molecule has 8 heteroatoms. The van der Waals surface area contributed by atoms with Crippen molar-refractivity contribution in [3.63, 3.8) is 0 Å². The number of fused-ring (bicyclic) bond motifs is 1. The second kappa shape index (κ2) is 4.20. The third kappa shape index (κ3) is 1.83. The summed E-state index contributed by atoms with van der Waals surface area (Å²) in [5.74, 6) is 1.01. The molecule has 2 aliphatic rings. The summed E-state index contributed by atoms with van der Waals surface area (Å²) in [6, 6.07) is 0. The molecular weight excluding hydrogens is 278 g/mol. The SMILES string of the molecule is O=C(c1cnns1)N1Cc2nc(C3CC3)[nH]c(=O)c2C1. The van der Waals surface area contributed by atoms with E-state index in [1.165, 1.54) is 6.20 Å². The van der Waals surface area contributed by atoms with Crippen LogP contribution in [0.4, 0.5) is 0 Å². The first-order valence-electron chi connectivity index (χ1n) is 6.41. The van der Waals surface area contributed by atoms with Gasteiger partial charge in [-0.25, -0.2) is 4.98 Å². The van der Waals surface area contributed by atoms with Gasteiger partial charge in [0.05, 0.1) is 30.5 Å². The molecule has 1 fully saturated rings. The van der Waals surface area contributed by atoms with E-state index in [1.54, 1.807) is 4.90 Å². The van der Waals surface area contributed by atoms with E-state index in [0.29, 0.717) is 29.4 Å². The summed E-state index contributed by atoms with van der Waals surface area (Å²) in [5, 5.41) is 3.66. The summed E-state index contributed by atoms with van der Waals surface area (Å²) in [4.78, 5) is 33.7. The summed E-state index contributed by atoms with van der Waals surface area (Å²) in [6.07, 6.45) is 3.61. The Labute approximate surface area is 117 Å². The van der Waals surface area contributed by atoms with E-state index >= 15 is 0 Å². The van der Waals surface area contributed by atoms with E-state index in [2.05, 4.69) is 19.6 Å². The Kier molecular flexibility index (Phi) is 2.46. The zero-order valence-electron chi connectivity index (χ0n) is 10.5. The first kappa shape index (κ1) is 11.7. The lowest BCUT2D eigenvalue weighted by molar-refractivity contribution is 0.0755. The molecule has 0 saturated heterocycles. The summed E-state index contributed by atoms with van der Waals surface area (Å²) < 4.78 is 3.69. The Morgan fingerprint density at radius 3 is 2.95 bits per heavy atom. The molecule has 0 aromatic carbocycles. The molecule has 0 spiro atoms. The standard InChI is InChI=1S/C12H11N5O2S/c18-11-7-4-17(12(19)9-3-13-16-20-9)5-8(7)14-10(15-11)6-1-2-6/h3,6H,1-2,4-5H2,(H,14,15,18). The van der Waals surface area contributed by atoms with Crippen LogP contribution in [0.15, 0.2) is 11.0 Å². The fourth-order valence-electron chi connectivity index (χ4n) is 2.40. The van der Waals surface area contributed by atoms with Crippen molar-refractivity contribution in [2.75, 3.05) is 0 Å². The van der Waals surface area contributed by atoms with Crippen LogP contribution in [0.5, 0.6) is 0 Å². The van der Waals surface area contributed by atoms with Gasteiger partial charge in [0.2, 0.25) is 0 Å². The number of carbonyl (C=O) groups is 1. The second-order valence-corrected chi connectivity index (χ2v) is 5.88. The fourth-order valence-corrected chi connectivity index (χ4v) is 2.88. The maximum atomic E-state index is 12.2.